The van der Waals surface area contributed by atoms with Crippen LogP contribution in [0, 0.1) is 37.5 Å². The van der Waals surface area contributed by atoms with E-state index in [4.69, 9.17) is 0 Å². The number of aromatic nitrogens is 1. The summed E-state index contributed by atoms with van der Waals surface area (Å²) in [5.41, 5.74) is 1.09. The molecule has 0 saturated heterocycles. The molecule has 4 heteroatoms. The number of carbonyl (C=O) groups is 1. The van der Waals surface area contributed by atoms with Gasteiger partial charge in [0.25, 0.3) is 0 Å². The third-order valence-corrected chi connectivity index (χ3v) is 5.89. The normalized spacial score (nSPS) is 26.9. The molecule has 1 aliphatic carbocycles. The highest BCUT2D eigenvalue weighted by Crippen LogP contribution is 2.39. The Labute approximate surface area is 125 Å². The molecule has 3 nitrogen and oxygen atoms in total. The second-order valence-corrected chi connectivity index (χ2v) is 7.76. The number of carboxylic acids is 1. The van der Waals surface area contributed by atoms with Crippen LogP contribution in [0.25, 0.3) is 0 Å². The molecular weight excluding hydrogens is 270 g/mol. The summed E-state index contributed by atoms with van der Waals surface area (Å²) in [7, 11) is 0. The zero-order valence-electron chi connectivity index (χ0n) is 12.8. The first-order chi connectivity index (χ1) is 9.38. The number of hydrogen-bond donors (Lipinski definition) is 1. The van der Waals surface area contributed by atoms with Crippen LogP contribution < -0.4 is 0 Å². The van der Waals surface area contributed by atoms with Crippen LogP contribution in [0.15, 0.2) is 0 Å². The van der Waals surface area contributed by atoms with Crippen molar-refractivity contribution in [3.8, 4) is 0 Å². The molecule has 1 aromatic rings. The molecule has 112 valence electrons. The van der Waals surface area contributed by atoms with E-state index in [-0.39, 0.29) is 11.8 Å². The number of thiazole rings is 1. The minimum Gasteiger partial charge on any atom is -0.481 e. The Morgan fingerprint density at radius 3 is 2.60 bits per heavy atom. The Kier molecular flexibility index (Phi) is 4.84. The van der Waals surface area contributed by atoms with Crippen molar-refractivity contribution in [2.75, 3.05) is 0 Å². The molecule has 3 unspecified atom stereocenters. The van der Waals surface area contributed by atoms with E-state index in [1.165, 1.54) is 4.88 Å². The summed E-state index contributed by atoms with van der Waals surface area (Å²) in [4.78, 5) is 17.3. The van der Waals surface area contributed by atoms with E-state index in [2.05, 4.69) is 25.8 Å². The average molecular weight is 295 g/mol. The van der Waals surface area contributed by atoms with Gasteiger partial charge in [0, 0.05) is 11.3 Å². The van der Waals surface area contributed by atoms with E-state index in [0.29, 0.717) is 11.8 Å². The van der Waals surface area contributed by atoms with Gasteiger partial charge in [0.15, 0.2) is 0 Å². The molecule has 0 bridgehead atoms. The van der Waals surface area contributed by atoms with E-state index >= 15 is 0 Å². The van der Waals surface area contributed by atoms with Crippen molar-refractivity contribution < 1.29 is 9.90 Å². The second kappa shape index (κ2) is 6.25. The van der Waals surface area contributed by atoms with Crippen LogP contribution in [-0.2, 0) is 11.2 Å². The molecule has 1 saturated carbocycles. The Balaban J connectivity index is 2.12. The predicted octanol–water partition coefficient (Wildman–Crippen LogP) is 4.08. The van der Waals surface area contributed by atoms with E-state index in [0.717, 1.165) is 36.4 Å². The van der Waals surface area contributed by atoms with Crippen LogP contribution in [0.2, 0.25) is 0 Å². The first-order valence-corrected chi connectivity index (χ1v) is 8.35. The van der Waals surface area contributed by atoms with Crippen molar-refractivity contribution in [1.82, 2.24) is 4.98 Å². The summed E-state index contributed by atoms with van der Waals surface area (Å²) < 4.78 is 0. The maximum absolute atomic E-state index is 11.5. The minimum absolute atomic E-state index is 0.186. The fraction of sp³-hybridized carbons (Fsp3) is 0.750. The van der Waals surface area contributed by atoms with Crippen LogP contribution in [-0.4, -0.2) is 16.1 Å². The van der Waals surface area contributed by atoms with Crippen molar-refractivity contribution in [1.29, 1.82) is 0 Å². The highest BCUT2D eigenvalue weighted by molar-refractivity contribution is 7.11. The standard InChI is InChI=1S/C16H25NO2S/c1-9(2)12-5-6-14(16(18)19)13(7-12)8-15-17-10(3)11(4)20-15/h9,12-14H,5-8H2,1-4H3,(H,18,19). The van der Waals surface area contributed by atoms with Crippen LogP contribution >= 0.6 is 11.3 Å². The Morgan fingerprint density at radius 1 is 1.40 bits per heavy atom. The topological polar surface area (TPSA) is 50.2 Å². The highest BCUT2D eigenvalue weighted by atomic mass is 32.1. The molecule has 1 N–H and O–H groups in total. The number of aryl methyl sites for hydroxylation is 2. The zero-order chi connectivity index (χ0) is 14.9. The molecular formula is C16H25NO2S. The molecule has 20 heavy (non-hydrogen) atoms. The molecule has 0 aromatic carbocycles. The van der Waals surface area contributed by atoms with Crippen molar-refractivity contribution in [2.24, 2.45) is 23.7 Å². The fourth-order valence-corrected chi connectivity index (χ4v) is 4.33. The van der Waals surface area contributed by atoms with Gasteiger partial charge < -0.3 is 5.11 Å². The van der Waals surface area contributed by atoms with Gasteiger partial charge >= 0.3 is 5.97 Å². The maximum Gasteiger partial charge on any atom is 0.306 e. The molecule has 1 fully saturated rings. The largest absolute Gasteiger partial charge is 0.481 e. The molecule has 1 heterocycles. The summed E-state index contributed by atoms with van der Waals surface area (Å²) in [5, 5.41) is 10.6. The lowest BCUT2D eigenvalue weighted by Gasteiger charge is -2.35. The summed E-state index contributed by atoms with van der Waals surface area (Å²) in [6, 6.07) is 0. The summed E-state index contributed by atoms with van der Waals surface area (Å²) in [6.45, 7) is 8.62. The van der Waals surface area contributed by atoms with Crippen LogP contribution in [0.1, 0.15) is 48.7 Å². The first-order valence-electron chi connectivity index (χ1n) is 7.54. The Hall–Kier alpha value is -0.900. The van der Waals surface area contributed by atoms with Gasteiger partial charge in [-0.2, -0.15) is 0 Å². The molecule has 1 aliphatic rings. The van der Waals surface area contributed by atoms with Gasteiger partial charge in [-0.15, -0.1) is 11.3 Å². The lowest BCUT2D eigenvalue weighted by atomic mass is 9.69. The van der Waals surface area contributed by atoms with E-state index in [1.54, 1.807) is 11.3 Å². The molecule has 2 rings (SSSR count). The first kappa shape index (κ1) is 15.5. The lowest BCUT2D eigenvalue weighted by molar-refractivity contribution is -0.145. The lowest BCUT2D eigenvalue weighted by Crippen LogP contribution is -2.33. The molecule has 0 spiro atoms. The van der Waals surface area contributed by atoms with Gasteiger partial charge in [-0.1, -0.05) is 13.8 Å². The van der Waals surface area contributed by atoms with E-state index in [1.807, 2.05) is 6.92 Å². The molecule has 0 aliphatic heterocycles. The highest BCUT2D eigenvalue weighted by Gasteiger charge is 2.36. The zero-order valence-corrected chi connectivity index (χ0v) is 13.7. The summed E-state index contributed by atoms with van der Waals surface area (Å²) >= 11 is 1.73. The number of aliphatic carboxylic acids is 1. The van der Waals surface area contributed by atoms with Crippen molar-refractivity contribution in [3.05, 3.63) is 15.6 Å². The maximum atomic E-state index is 11.5. The smallest absolute Gasteiger partial charge is 0.306 e. The quantitative estimate of drug-likeness (QED) is 0.910. The predicted molar refractivity (Wildman–Crippen MR) is 82.1 cm³/mol. The third-order valence-electron chi connectivity index (χ3n) is 4.79. The average Bonchev–Trinajstić information content (AvgIpc) is 2.67. The third kappa shape index (κ3) is 3.40. The van der Waals surface area contributed by atoms with Crippen LogP contribution in [0.3, 0.4) is 0 Å². The van der Waals surface area contributed by atoms with E-state index in [9.17, 15) is 9.90 Å². The second-order valence-electron chi connectivity index (χ2n) is 6.48. The van der Waals surface area contributed by atoms with Crippen molar-refractivity contribution in [2.45, 2.75) is 53.4 Å². The van der Waals surface area contributed by atoms with E-state index < -0.39 is 5.97 Å². The Bertz CT molecular complexity index is 461. The Morgan fingerprint density at radius 2 is 2.10 bits per heavy atom. The van der Waals surface area contributed by atoms with Gasteiger partial charge in [-0.05, 0) is 50.9 Å². The fourth-order valence-electron chi connectivity index (χ4n) is 3.31. The van der Waals surface area contributed by atoms with Crippen LogP contribution in [0.4, 0.5) is 0 Å². The number of hydrogen-bond acceptors (Lipinski definition) is 3. The number of rotatable bonds is 4. The summed E-state index contributed by atoms with van der Waals surface area (Å²) in [6.07, 6.45) is 3.75. The summed E-state index contributed by atoms with van der Waals surface area (Å²) in [5.74, 6) is 0.750. The van der Waals surface area contributed by atoms with Gasteiger partial charge in [0.2, 0.25) is 0 Å². The number of carboxylic acid groups (broad SMARTS) is 1. The van der Waals surface area contributed by atoms with Crippen LogP contribution in [0.5, 0.6) is 0 Å². The molecule has 3 atom stereocenters. The van der Waals surface area contributed by atoms with Crippen molar-refractivity contribution in [3.63, 3.8) is 0 Å². The molecule has 0 radical (unpaired) electrons. The number of nitrogens with zero attached hydrogens (tertiary/aromatic N) is 1. The van der Waals surface area contributed by atoms with Gasteiger partial charge in [0.1, 0.15) is 0 Å². The van der Waals surface area contributed by atoms with Gasteiger partial charge in [0.05, 0.1) is 16.6 Å². The van der Waals surface area contributed by atoms with Gasteiger partial charge in [-0.25, -0.2) is 4.98 Å². The van der Waals surface area contributed by atoms with Crippen molar-refractivity contribution >= 4 is 17.3 Å². The van der Waals surface area contributed by atoms with Gasteiger partial charge in [-0.3, -0.25) is 4.79 Å². The monoisotopic (exact) mass is 295 g/mol. The SMILES string of the molecule is Cc1nc(CC2CC(C(C)C)CCC2C(=O)O)sc1C. The minimum atomic E-state index is -0.623. The molecule has 0 amide bonds. The molecule has 1 aromatic heterocycles.